The van der Waals surface area contributed by atoms with Crippen LogP contribution in [0.5, 0.6) is 11.5 Å². The Morgan fingerprint density at radius 3 is 2.48 bits per heavy atom. The highest BCUT2D eigenvalue weighted by Crippen LogP contribution is 2.37. The van der Waals surface area contributed by atoms with E-state index >= 15 is 0 Å². The molecule has 0 radical (unpaired) electrons. The zero-order chi connectivity index (χ0) is 15.8. The summed E-state index contributed by atoms with van der Waals surface area (Å²) in [6.45, 7) is 8.68. The maximum absolute atomic E-state index is 5.89. The average molecular weight is 360 g/mol. The molecule has 0 amide bonds. The van der Waals surface area contributed by atoms with Gasteiger partial charge >= 0.3 is 0 Å². The normalized spacial score (nSPS) is 12.5. The van der Waals surface area contributed by atoms with Gasteiger partial charge in [0.05, 0.1) is 18.2 Å². The highest BCUT2D eigenvalue weighted by Gasteiger charge is 2.14. The Kier molecular flexibility index (Phi) is 8.07. The predicted octanol–water partition coefficient (Wildman–Crippen LogP) is 3.62. The Morgan fingerprint density at radius 2 is 1.90 bits per heavy atom. The summed E-state index contributed by atoms with van der Waals surface area (Å²) in [5.41, 5.74) is 1.16. The molecule has 0 bridgehead atoms. The van der Waals surface area contributed by atoms with E-state index in [4.69, 9.17) is 14.2 Å². The fraction of sp³-hybridized carbons (Fsp3) is 0.625. The summed E-state index contributed by atoms with van der Waals surface area (Å²) in [6, 6.07) is 4.07. The van der Waals surface area contributed by atoms with Crippen LogP contribution in [0.3, 0.4) is 0 Å². The topological polar surface area (TPSA) is 39.7 Å². The fourth-order valence-electron chi connectivity index (χ4n) is 1.96. The molecule has 0 heterocycles. The first-order chi connectivity index (χ1) is 9.97. The van der Waals surface area contributed by atoms with E-state index in [1.165, 1.54) is 0 Å². The van der Waals surface area contributed by atoms with Gasteiger partial charge in [0.2, 0.25) is 0 Å². The van der Waals surface area contributed by atoms with E-state index in [0.717, 1.165) is 34.6 Å². The molecule has 1 aromatic rings. The van der Waals surface area contributed by atoms with Crippen molar-refractivity contribution in [3.05, 3.63) is 22.2 Å². The average Bonchev–Trinajstić information content (AvgIpc) is 2.41. The lowest BCUT2D eigenvalue weighted by molar-refractivity contribution is 0.0894. The first-order valence-electron chi connectivity index (χ1n) is 7.20. The SMILES string of the molecule is COCC(C)Oc1c(Br)cc(CNCC(C)C)cc1OC. The minimum atomic E-state index is -0.0369. The van der Waals surface area contributed by atoms with Crippen LogP contribution in [0.2, 0.25) is 0 Å². The van der Waals surface area contributed by atoms with Crippen LogP contribution in [0.25, 0.3) is 0 Å². The molecular formula is C16H26BrNO3. The zero-order valence-corrected chi connectivity index (χ0v) is 15.1. The van der Waals surface area contributed by atoms with Gasteiger partial charge in [-0.3, -0.25) is 0 Å². The molecule has 0 saturated heterocycles. The van der Waals surface area contributed by atoms with Crippen LogP contribution >= 0.6 is 15.9 Å². The molecule has 120 valence electrons. The highest BCUT2D eigenvalue weighted by molar-refractivity contribution is 9.10. The number of methoxy groups -OCH3 is 2. The summed E-state index contributed by atoms with van der Waals surface area (Å²) >= 11 is 3.57. The molecule has 1 unspecified atom stereocenters. The van der Waals surface area contributed by atoms with Crippen LogP contribution in [0.1, 0.15) is 26.3 Å². The van der Waals surface area contributed by atoms with E-state index in [1.54, 1.807) is 14.2 Å². The van der Waals surface area contributed by atoms with Gasteiger partial charge in [-0.05, 0) is 53.0 Å². The van der Waals surface area contributed by atoms with Crippen molar-refractivity contribution in [3.63, 3.8) is 0 Å². The van der Waals surface area contributed by atoms with Gasteiger partial charge < -0.3 is 19.5 Å². The van der Waals surface area contributed by atoms with Crippen molar-refractivity contribution in [1.82, 2.24) is 5.32 Å². The van der Waals surface area contributed by atoms with Gasteiger partial charge in [-0.15, -0.1) is 0 Å². The first-order valence-corrected chi connectivity index (χ1v) is 8.00. The van der Waals surface area contributed by atoms with Crippen molar-refractivity contribution in [2.75, 3.05) is 27.4 Å². The monoisotopic (exact) mass is 359 g/mol. The fourth-order valence-corrected chi connectivity index (χ4v) is 2.55. The summed E-state index contributed by atoms with van der Waals surface area (Å²) in [7, 11) is 3.32. The molecule has 5 heteroatoms. The smallest absolute Gasteiger partial charge is 0.175 e. The maximum atomic E-state index is 5.89. The third kappa shape index (κ3) is 6.24. The van der Waals surface area contributed by atoms with E-state index in [2.05, 4.69) is 41.2 Å². The molecule has 1 atom stereocenters. The molecule has 1 rings (SSSR count). The van der Waals surface area contributed by atoms with Crippen molar-refractivity contribution in [3.8, 4) is 11.5 Å². The molecule has 4 nitrogen and oxygen atoms in total. The van der Waals surface area contributed by atoms with Crippen molar-refractivity contribution in [1.29, 1.82) is 0 Å². The van der Waals surface area contributed by atoms with Crippen LogP contribution < -0.4 is 14.8 Å². The molecule has 0 aliphatic heterocycles. The molecule has 1 aromatic carbocycles. The second kappa shape index (κ2) is 9.28. The quantitative estimate of drug-likeness (QED) is 0.730. The molecule has 0 aromatic heterocycles. The number of halogens is 1. The summed E-state index contributed by atoms with van der Waals surface area (Å²) in [5, 5.41) is 3.42. The minimum Gasteiger partial charge on any atom is -0.493 e. The molecule has 0 fully saturated rings. The second-order valence-corrected chi connectivity index (χ2v) is 6.37. The maximum Gasteiger partial charge on any atom is 0.175 e. The Labute approximate surface area is 136 Å². The summed E-state index contributed by atoms with van der Waals surface area (Å²) in [6.07, 6.45) is -0.0369. The van der Waals surface area contributed by atoms with Crippen LogP contribution in [0, 0.1) is 5.92 Å². The van der Waals surface area contributed by atoms with Crippen LogP contribution in [-0.4, -0.2) is 33.5 Å². The number of nitrogens with one attached hydrogen (secondary N) is 1. The Morgan fingerprint density at radius 1 is 1.19 bits per heavy atom. The molecular weight excluding hydrogens is 334 g/mol. The van der Waals surface area contributed by atoms with Gasteiger partial charge in [-0.25, -0.2) is 0 Å². The Bertz CT molecular complexity index is 438. The van der Waals surface area contributed by atoms with Gasteiger partial charge in [-0.2, -0.15) is 0 Å². The van der Waals surface area contributed by atoms with E-state index in [0.29, 0.717) is 12.5 Å². The van der Waals surface area contributed by atoms with Crippen molar-refractivity contribution < 1.29 is 14.2 Å². The van der Waals surface area contributed by atoms with E-state index < -0.39 is 0 Å². The van der Waals surface area contributed by atoms with E-state index in [9.17, 15) is 0 Å². The lowest BCUT2D eigenvalue weighted by Crippen LogP contribution is -2.20. The van der Waals surface area contributed by atoms with Gasteiger partial charge in [-0.1, -0.05) is 13.8 Å². The van der Waals surface area contributed by atoms with Crippen molar-refractivity contribution in [2.45, 2.75) is 33.4 Å². The largest absolute Gasteiger partial charge is 0.493 e. The number of ether oxygens (including phenoxy) is 3. The van der Waals surface area contributed by atoms with E-state index in [-0.39, 0.29) is 6.10 Å². The van der Waals surface area contributed by atoms with Gasteiger partial charge in [0, 0.05) is 13.7 Å². The Balaban J connectivity index is 2.81. The number of hydrogen-bond acceptors (Lipinski definition) is 4. The molecule has 0 aliphatic rings. The van der Waals surface area contributed by atoms with Gasteiger partial charge in [0.1, 0.15) is 6.10 Å². The van der Waals surface area contributed by atoms with Crippen LogP contribution in [-0.2, 0) is 11.3 Å². The molecule has 21 heavy (non-hydrogen) atoms. The number of hydrogen-bond donors (Lipinski definition) is 1. The second-order valence-electron chi connectivity index (χ2n) is 5.52. The molecule has 0 spiro atoms. The Hall–Kier alpha value is -0.780. The summed E-state index contributed by atoms with van der Waals surface area (Å²) in [4.78, 5) is 0. The molecule has 0 saturated carbocycles. The van der Waals surface area contributed by atoms with Crippen molar-refractivity contribution >= 4 is 15.9 Å². The van der Waals surface area contributed by atoms with Gasteiger partial charge in [0.25, 0.3) is 0 Å². The lowest BCUT2D eigenvalue weighted by atomic mass is 10.1. The third-order valence-corrected chi connectivity index (χ3v) is 3.48. The molecule has 1 N–H and O–H groups in total. The predicted molar refractivity (Wildman–Crippen MR) is 89.2 cm³/mol. The summed E-state index contributed by atoms with van der Waals surface area (Å²) < 4.78 is 17.3. The first kappa shape index (κ1) is 18.3. The van der Waals surface area contributed by atoms with Crippen molar-refractivity contribution in [2.24, 2.45) is 5.92 Å². The number of rotatable bonds is 9. The van der Waals surface area contributed by atoms with Gasteiger partial charge in [0.15, 0.2) is 11.5 Å². The highest BCUT2D eigenvalue weighted by atomic mass is 79.9. The number of benzene rings is 1. The minimum absolute atomic E-state index is 0.0369. The van der Waals surface area contributed by atoms with Crippen LogP contribution in [0.4, 0.5) is 0 Å². The van der Waals surface area contributed by atoms with Crippen LogP contribution in [0.15, 0.2) is 16.6 Å². The molecule has 0 aliphatic carbocycles. The zero-order valence-electron chi connectivity index (χ0n) is 13.5. The third-order valence-electron chi connectivity index (χ3n) is 2.89. The lowest BCUT2D eigenvalue weighted by Gasteiger charge is -2.19. The standard InChI is InChI=1S/C16H26BrNO3/c1-11(2)8-18-9-13-6-14(17)16(15(7-13)20-5)21-12(3)10-19-4/h6-7,11-12,18H,8-10H2,1-5H3. The summed E-state index contributed by atoms with van der Waals surface area (Å²) in [5.74, 6) is 2.08. The van der Waals surface area contributed by atoms with E-state index in [1.807, 2.05) is 13.0 Å².